The van der Waals surface area contributed by atoms with Gasteiger partial charge in [-0.15, -0.1) is 11.8 Å². The van der Waals surface area contributed by atoms with E-state index in [1.54, 1.807) is 0 Å². The summed E-state index contributed by atoms with van der Waals surface area (Å²) in [7, 11) is 0. The van der Waals surface area contributed by atoms with Gasteiger partial charge in [0.15, 0.2) is 0 Å². The Morgan fingerprint density at radius 2 is 2.27 bits per heavy atom. The fourth-order valence-electron chi connectivity index (χ4n) is 2.19. The Bertz CT molecular complexity index is 316. The number of thioether (sulfide) groups is 1. The lowest BCUT2D eigenvalue weighted by molar-refractivity contribution is 0.0442. The molecule has 0 amide bonds. The minimum atomic E-state index is 0.410. The van der Waals surface area contributed by atoms with Crippen LogP contribution < -0.4 is 5.32 Å². The first kappa shape index (κ1) is 9.21. The first-order valence-corrected chi connectivity index (χ1v) is 6.34. The third kappa shape index (κ3) is 1.63. The number of nitrogens with one attached hydrogen (secondary N) is 1. The maximum Gasteiger partial charge on any atom is 0.130 e. The highest BCUT2D eigenvalue weighted by Crippen LogP contribution is 2.31. The largest absolute Gasteiger partial charge is 0.368 e. The number of nitrogens with zero attached hydrogens (tertiary/aromatic N) is 2. The summed E-state index contributed by atoms with van der Waals surface area (Å²) in [5.41, 5.74) is 0. The molecule has 0 saturated carbocycles. The molecular weight excluding hydrogens is 206 g/mol. The second kappa shape index (κ2) is 3.85. The second-order valence-electron chi connectivity index (χ2n) is 3.93. The Hall–Kier alpha value is -1.03. The van der Waals surface area contributed by atoms with E-state index in [0.717, 1.165) is 19.4 Å². The smallest absolute Gasteiger partial charge is 0.130 e. The molecule has 0 saturated heterocycles. The quantitative estimate of drug-likeness (QED) is 0.766. The average Bonchev–Trinajstić information content (AvgIpc) is 3.01. The van der Waals surface area contributed by atoms with Crippen molar-refractivity contribution in [2.75, 3.05) is 6.54 Å². The molecule has 3 rings (SSSR count). The van der Waals surface area contributed by atoms with Gasteiger partial charge in [-0.1, -0.05) is 12.2 Å². The number of hydrogen-bond donors (Lipinski definition) is 1. The van der Waals surface area contributed by atoms with Crippen molar-refractivity contribution in [3.63, 3.8) is 0 Å². The molecule has 0 fully saturated rings. The Labute approximate surface area is 94.5 Å². The highest BCUT2D eigenvalue weighted by Gasteiger charge is 2.31. The molecule has 0 bridgehead atoms. The molecule has 0 aliphatic carbocycles. The fourth-order valence-corrected chi connectivity index (χ4v) is 3.18. The molecule has 3 aliphatic heterocycles. The minimum absolute atomic E-state index is 0.410. The van der Waals surface area contributed by atoms with Gasteiger partial charge in [-0.3, -0.25) is 10.0 Å². The maximum absolute atomic E-state index is 3.43. The van der Waals surface area contributed by atoms with Gasteiger partial charge in [0, 0.05) is 25.1 Å². The standard InChI is InChI=1S/C11H15N3S/c1-2-7-13(6-1)14-8-5-12-11(14)10-4-3-9-15-10/h1,3,5-6,8-12H,2,4,7H2. The molecule has 80 valence electrons. The first-order chi connectivity index (χ1) is 7.45. The van der Waals surface area contributed by atoms with Gasteiger partial charge in [0.2, 0.25) is 0 Å². The van der Waals surface area contributed by atoms with Gasteiger partial charge in [0.05, 0.1) is 5.25 Å². The Morgan fingerprint density at radius 3 is 3.00 bits per heavy atom. The minimum Gasteiger partial charge on any atom is -0.368 e. The van der Waals surface area contributed by atoms with Crippen molar-refractivity contribution >= 4 is 11.8 Å². The van der Waals surface area contributed by atoms with Crippen LogP contribution in [-0.4, -0.2) is 28.0 Å². The predicted molar refractivity (Wildman–Crippen MR) is 63.5 cm³/mol. The molecule has 0 aromatic rings. The topological polar surface area (TPSA) is 18.5 Å². The summed E-state index contributed by atoms with van der Waals surface area (Å²) >= 11 is 1.93. The lowest BCUT2D eigenvalue weighted by Gasteiger charge is -2.36. The molecule has 2 atom stereocenters. The van der Waals surface area contributed by atoms with E-state index in [1.807, 2.05) is 11.8 Å². The van der Waals surface area contributed by atoms with Gasteiger partial charge >= 0.3 is 0 Å². The number of hydrazine groups is 1. The lowest BCUT2D eigenvalue weighted by Crippen LogP contribution is -2.49. The summed E-state index contributed by atoms with van der Waals surface area (Å²) in [5, 5.41) is 10.9. The van der Waals surface area contributed by atoms with Crippen LogP contribution in [0.15, 0.2) is 36.2 Å². The second-order valence-corrected chi connectivity index (χ2v) is 5.08. The van der Waals surface area contributed by atoms with Crippen LogP contribution in [-0.2, 0) is 0 Å². The molecular formula is C11H15N3S. The van der Waals surface area contributed by atoms with Gasteiger partial charge in [0.1, 0.15) is 6.17 Å². The van der Waals surface area contributed by atoms with Crippen LogP contribution in [0.5, 0.6) is 0 Å². The fraction of sp³-hybridized carbons (Fsp3) is 0.455. The summed E-state index contributed by atoms with van der Waals surface area (Å²) in [6.45, 7) is 1.10. The Morgan fingerprint density at radius 1 is 1.27 bits per heavy atom. The van der Waals surface area contributed by atoms with Crippen molar-refractivity contribution < 1.29 is 0 Å². The van der Waals surface area contributed by atoms with E-state index in [-0.39, 0.29) is 0 Å². The molecule has 2 unspecified atom stereocenters. The van der Waals surface area contributed by atoms with E-state index in [1.165, 1.54) is 0 Å². The molecule has 3 heterocycles. The zero-order valence-corrected chi connectivity index (χ0v) is 9.36. The van der Waals surface area contributed by atoms with Gasteiger partial charge in [-0.2, -0.15) is 0 Å². The molecule has 0 aromatic carbocycles. The SMILES string of the molecule is C1=CN(N2C=CNC2C2CC=CS2)CC1. The highest BCUT2D eigenvalue weighted by molar-refractivity contribution is 8.03. The Balaban J connectivity index is 1.70. The van der Waals surface area contributed by atoms with E-state index in [4.69, 9.17) is 0 Å². The van der Waals surface area contributed by atoms with Crippen LogP contribution >= 0.6 is 11.8 Å². The summed E-state index contributed by atoms with van der Waals surface area (Å²) < 4.78 is 0. The third-order valence-corrected chi connectivity index (χ3v) is 4.10. The summed E-state index contributed by atoms with van der Waals surface area (Å²) in [6.07, 6.45) is 13.6. The van der Waals surface area contributed by atoms with Gasteiger partial charge in [0.25, 0.3) is 0 Å². The number of rotatable bonds is 2. The van der Waals surface area contributed by atoms with Gasteiger partial charge in [-0.25, -0.2) is 0 Å². The zero-order valence-electron chi connectivity index (χ0n) is 8.54. The first-order valence-electron chi connectivity index (χ1n) is 5.40. The van der Waals surface area contributed by atoms with E-state index >= 15 is 0 Å². The molecule has 0 aromatic heterocycles. The molecule has 0 radical (unpaired) electrons. The van der Waals surface area contributed by atoms with Gasteiger partial charge in [-0.05, 0) is 18.2 Å². The molecule has 0 spiro atoms. The van der Waals surface area contributed by atoms with Crippen molar-refractivity contribution in [3.8, 4) is 0 Å². The van der Waals surface area contributed by atoms with E-state index < -0.39 is 0 Å². The third-order valence-electron chi connectivity index (χ3n) is 2.95. The predicted octanol–water partition coefficient (Wildman–Crippen LogP) is 1.84. The Kier molecular flexibility index (Phi) is 2.37. The van der Waals surface area contributed by atoms with Crippen molar-refractivity contribution in [1.82, 2.24) is 15.3 Å². The molecule has 4 heteroatoms. The summed E-state index contributed by atoms with van der Waals surface area (Å²) in [5.74, 6) is 0. The molecule has 15 heavy (non-hydrogen) atoms. The number of allylic oxidation sites excluding steroid dienone is 1. The number of hydrogen-bond acceptors (Lipinski definition) is 4. The lowest BCUT2D eigenvalue weighted by atomic mass is 10.2. The summed E-state index contributed by atoms with van der Waals surface area (Å²) in [4.78, 5) is 0. The van der Waals surface area contributed by atoms with Crippen LogP contribution in [0.3, 0.4) is 0 Å². The van der Waals surface area contributed by atoms with E-state index in [0.29, 0.717) is 11.4 Å². The van der Waals surface area contributed by atoms with E-state index in [2.05, 4.69) is 51.5 Å². The summed E-state index contributed by atoms with van der Waals surface area (Å²) in [6, 6.07) is 0. The van der Waals surface area contributed by atoms with Crippen molar-refractivity contribution in [2.45, 2.75) is 24.3 Å². The monoisotopic (exact) mass is 221 g/mol. The van der Waals surface area contributed by atoms with Crippen molar-refractivity contribution in [3.05, 3.63) is 36.2 Å². The van der Waals surface area contributed by atoms with Crippen LogP contribution in [0.4, 0.5) is 0 Å². The van der Waals surface area contributed by atoms with Crippen molar-refractivity contribution in [1.29, 1.82) is 0 Å². The average molecular weight is 221 g/mol. The maximum atomic E-state index is 3.43. The van der Waals surface area contributed by atoms with Crippen LogP contribution in [0.25, 0.3) is 0 Å². The molecule has 1 N–H and O–H groups in total. The molecule has 3 nitrogen and oxygen atoms in total. The molecule has 3 aliphatic rings. The zero-order chi connectivity index (χ0) is 10.1. The van der Waals surface area contributed by atoms with Gasteiger partial charge < -0.3 is 5.32 Å². The van der Waals surface area contributed by atoms with Crippen molar-refractivity contribution in [2.24, 2.45) is 0 Å². The van der Waals surface area contributed by atoms with Crippen LogP contribution in [0, 0.1) is 0 Å². The van der Waals surface area contributed by atoms with Crippen LogP contribution in [0.2, 0.25) is 0 Å². The van der Waals surface area contributed by atoms with E-state index in [9.17, 15) is 0 Å². The van der Waals surface area contributed by atoms with Crippen LogP contribution in [0.1, 0.15) is 12.8 Å². The normalized spacial score (nSPS) is 33.1. The highest BCUT2D eigenvalue weighted by atomic mass is 32.2.